The number of hydrogen-bond donors (Lipinski definition) is 1. The van der Waals surface area contributed by atoms with Gasteiger partial charge in [0.15, 0.2) is 0 Å². The van der Waals surface area contributed by atoms with Gasteiger partial charge in [-0.25, -0.2) is 0 Å². The highest BCUT2D eigenvalue weighted by Crippen LogP contribution is 2.21. The molecule has 2 nitrogen and oxygen atoms in total. The lowest BCUT2D eigenvalue weighted by molar-refractivity contribution is 0.225. The van der Waals surface area contributed by atoms with Gasteiger partial charge in [0.1, 0.15) is 0 Å². The van der Waals surface area contributed by atoms with Gasteiger partial charge in [-0.15, -0.1) is 0 Å². The molecule has 0 radical (unpaired) electrons. The van der Waals surface area contributed by atoms with Gasteiger partial charge >= 0.3 is 0 Å². The van der Waals surface area contributed by atoms with E-state index < -0.39 is 0 Å². The van der Waals surface area contributed by atoms with E-state index in [1.807, 2.05) is 0 Å². The number of unbranched alkanes of at least 4 members (excludes halogenated alkanes) is 6. The van der Waals surface area contributed by atoms with Crippen molar-refractivity contribution in [2.75, 3.05) is 32.7 Å². The average molecular weight is 353 g/mol. The minimum atomic E-state index is 0.975. The Morgan fingerprint density at radius 1 is 0.680 bits per heavy atom. The quantitative estimate of drug-likeness (QED) is 0.305. The molecule has 0 atom stereocenters. The highest BCUT2D eigenvalue weighted by molar-refractivity contribution is 4.66. The van der Waals surface area contributed by atoms with Gasteiger partial charge in [-0.3, -0.25) is 0 Å². The SMILES string of the molecule is CCCCCCC(CCCCCC)CCNCCCN1CCCCC1. The fourth-order valence-electron chi connectivity index (χ4n) is 4.19. The van der Waals surface area contributed by atoms with Crippen LogP contribution in [0.3, 0.4) is 0 Å². The first-order chi connectivity index (χ1) is 12.4. The van der Waals surface area contributed by atoms with Crippen molar-refractivity contribution in [2.45, 2.75) is 110 Å². The van der Waals surface area contributed by atoms with Crippen LogP contribution >= 0.6 is 0 Å². The largest absolute Gasteiger partial charge is 0.317 e. The predicted octanol–water partition coefficient (Wildman–Crippen LogP) is 6.40. The van der Waals surface area contributed by atoms with Gasteiger partial charge in [0, 0.05) is 0 Å². The van der Waals surface area contributed by atoms with E-state index in [-0.39, 0.29) is 0 Å². The highest BCUT2D eigenvalue weighted by Gasteiger charge is 2.10. The Morgan fingerprint density at radius 3 is 1.92 bits per heavy atom. The topological polar surface area (TPSA) is 15.3 Å². The molecule has 1 aliphatic rings. The van der Waals surface area contributed by atoms with E-state index in [2.05, 4.69) is 24.1 Å². The zero-order valence-corrected chi connectivity index (χ0v) is 17.7. The molecule has 0 saturated carbocycles. The van der Waals surface area contributed by atoms with Crippen LogP contribution in [0.2, 0.25) is 0 Å². The number of nitrogens with one attached hydrogen (secondary N) is 1. The van der Waals surface area contributed by atoms with E-state index in [1.54, 1.807) is 0 Å². The number of hydrogen-bond acceptors (Lipinski definition) is 2. The van der Waals surface area contributed by atoms with Gasteiger partial charge in [-0.1, -0.05) is 84.5 Å². The van der Waals surface area contributed by atoms with E-state index in [0.29, 0.717) is 0 Å². The lowest BCUT2D eigenvalue weighted by atomic mass is 9.91. The summed E-state index contributed by atoms with van der Waals surface area (Å²) in [5.41, 5.74) is 0. The van der Waals surface area contributed by atoms with Crippen LogP contribution in [-0.2, 0) is 0 Å². The molecule has 150 valence electrons. The van der Waals surface area contributed by atoms with Crippen LogP contribution < -0.4 is 5.32 Å². The first kappa shape index (κ1) is 23.0. The van der Waals surface area contributed by atoms with Crippen LogP contribution in [-0.4, -0.2) is 37.6 Å². The van der Waals surface area contributed by atoms with Crippen molar-refractivity contribution in [3.8, 4) is 0 Å². The van der Waals surface area contributed by atoms with Crippen LogP contribution in [0.4, 0.5) is 0 Å². The Kier molecular flexibility index (Phi) is 15.9. The number of rotatable bonds is 17. The molecule has 0 amide bonds. The third-order valence-corrected chi connectivity index (χ3v) is 5.94. The predicted molar refractivity (Wildman–Crippen MR) is 113 cm³/mol. The molecule has 1 heterocycles. The third-order valence-electron chi connectivity index (χ3n) is 5.94. The summed E-state index contributed by atoms with van der Waals surface area (Å²) in [6.07, 6.45) is 21.4. The van der Waals surface area contributed by atoms with Crippen molar-refractivity contribution in [3.05, 3.63) is 0 Å². The van der Waals surface area contributed by atoms with Gasteiger partial charge in [0.05, 0.1) is 0 Å². The molecular formula is C23H48N2. The zero-order valence-electron chi connectivity index (χ0n) is 17.7. The van der Waals surface area contributed by atoms with Crippen molar-refractivity contribution in [2.24, 2.45) is 5.92 Å². The second-order valence-corrected chi connectivity index (χ2v) is 8.36. The van der Waals surface area contributed by atoms with E-state index >= 15 is 0 Å². The number of piperidine rings is 1. The lowest BCUT2D eigenvalue weighted by Crippen LogP contribution is -2.32. The second-order valence-electron chi connectivity index (χ2n) is 8.36. The molecule has 0 aromatic rings. The second kappa shape index (κ2) is 17.3. The molecule has 1 saturated heterocycles. The normalized spacial score (nSPS) is 16.0. The maximum Gasteiger partial charge on any atom is -0.000664 e. The minimum Gasteiger partial charge on any atom is -0.317 e. The Labute approximate surface area is 159 Å². The van der Waals surface area contributed by atoms with Crippen LogP contribution in [0.15, 0.2) is 0 Å². The van der Waals surface area contributed by atoms with Gasteiger partial charge < -0.3 is 10.2 Å². The van der Waals surface area contributed by atoms with Gasteiger partial charge in [0.2, 0.25) is 0 Å². The number of nitrogens with zero attached hydrogens (tertiary/aromatic N) is 1. The molecule has 1 aliphatic heterocycles. The van der Waals surface area contributed by atoms with Crippen molar-refractivity contribution < 1.29 is 0 Å². The van der Waals surface area contributed by atoms with Crippen LogP contribution in [0.1, 0.15) is 110 Å². The molecule has 1 N–H and O–H groups in total. The molecule has 2 heteroatoms. The van der Waals surface area contributed by atoms with Gasteiger partial charge in [0.25, 0.3) is 0 Å². The highest BCUT2D eigenvalue weighted by atomic mass is 15.1. The molecule has 1 fully saturated rings. The molecule has 0 aliphatic carbocycles. The van der Waals surface area contributed by atoms with Crippen LogP contribution in [0.5, 0.6) is 0 Å². The summed E-state index contributed by atoms with van der Waals surface area (Å²) in [5.74, 6) is 0.975. The minimum absolute atomic E-state index is 0.975. The summed E-state index contributed by atoms with van der Waals surface area (Å²) in [6.45, 7) is 11.1. The van der Waals surface area contributed by atoms with E-state index in [1.165, 1.54) is 129 Å². The molecule has 0 aromatic heterocycles. The summed E-state index contributed by atoms with van der Waals surface area (Å²) < 4.78 is 0. The maximum absolute atomic E-state index is 3.73. The van der Waals surface area contributed by atoms with Crippen LogP contribution in [0, 0.1) is 5.92 Å². The monoisotopic (exact) mass is 352 g/mol. The molecule has 0 spiro atoms. The fraction of sp³-hybridized carbons (Fsp3) is 1.00. The van der Waals surface area contributed by atoms with Gasteiger partial charge in [-0.2, -0.15) is 0 Å². The Hall–Kier alpha value is -0.0800. The summed E-state index contributed by atoms with van der Waals surface area (Å²) in [4.78, 5) is 2.66. The zero-order chi connectivity index (χ0) is 18.0. The maximum atomic E-state index is 3.73. The lowest BCUT2D eigenvalue weighted by Gasteiger charge is -2.26. The molecule has 1 rings (SSSR count). The van der Waals surface area contributed by atoms with E-state index in [0.717, 1.165) is 5.92 Å². The van der Waals surface area contributed by atoms with Crippen molar-refractivity contribution in [1.82, 2.24) is 10.2 Å². The fourth-order valence-corrected chi connectivity index (χ4v) is 4.19. The summed E-state index contributed by atoms with van der Waals surface area (Å²) in [5, 5.41) is 3.73. The first-order valence-electron chi connectivity index (χ1n) is 11.8. The van der Waals surface area contributed by atoms with E-state index in [4.69, 9.17) is 0 Å². The molecule has 0 bridgehead atoms. The van der Waals surface area contributed by atoms with Crippen molar-refractivity contribution >= 4 is 0 Å². The molecular weight excluding hydrogens is 304 g/mol. The number of likely N-dealkylation sites (tertiary alicyclic amines) is 1. The Balaban J connectivity index is 2.03. The van der Waals surface area contributed by atoms with Crippen molar-refractivity contribution in [3.63, 3.8) is 0 Å². The smallest absolute Gasteiger partial charge is 0.000664 e. The molecule has 25 heavy (non-hydrogen) atoms. The average Bonchev–Trinajstić information content (AvgIpc) is 2.65. The summed E-state index contributed by atoms with van der Waals surface area (Å²) >= 11 is 0. The van der Waals surface area contributed by atoms with Crippen molar-refractivity contribution in [1.29, 1.82) is 0 Å². The standard InChI is InChI=1S/C23H48N2/c1-3-5-7-10-15-23(16-11-8-6-4-2)17-19-24-18-14-22-25-20-12-9-13-21-25/h23-24H,3-22H2,1-2H3. The Morgan fingerprint density at radius 2 is 1.32 bits per heavy atom. The molecule has 0 aromatic carbocycles. The van der Waals surface area contributed by atoms with Gasteiger partial charge in [-0.05, 0) is 64.3 Å². The first-order valence-corrected chi connectivity index (χ1v) is 11.8. The molecule has 0 unspecified atom stereocenters. The third kappa shape index (κ3) is 13.7. The van der Waals surface area contributed by atoms with Crippen LogP contribution in [0.25, 0.3) is 0 Å². The summed E-state index contributed by atoms with van der Waals surface area (Å²) in [7, 11) is 0. The van der Waals surface area contributed by atoms with E-state index in [9.17, 15) is 0 Å². The Bertz CT molecular complexity index is 249. The summed E-state index contributed by atoms with van der Waals surface area (Å²) in [6, 6.07) is 0.